The molecule has 0 spiro atoms. The van der Waals surface area contributed by atoms with Crippen LogP contribution in [0.25, 0.3) is 0 Å². The molecule has 3 nitrogen and oxygen atoms in total. The van der Waals surface area contributed by atoms with E-state index in [-0.39, 0.29) is 0 Å². The molecule has 0 aromatic carbocycles. The van der Waals surface area contributed by atoms with E-state index in [9.17, 15) is 4.79 Å². The van der Waals surface area contributed by atoms with Crippen LogP contribution in [-0.4, -0.2) is 36.5 Å². The Kier molecular flexibility index (Phi) is 3.62. The van der Waals surface area contributed by atoms with Crippen LogP contribution >= 0.6 is 0 Å². The number of likely N-dealkylation sites (tertiary alicyclic amines) is 1. The SMILES string of the molecule is CC1CC1NCC(=O)N1CCCCCC1. The Morgan fingerprint density at radius 3 is 2.40 bits per heavy atom. The molecule has 1 heterocycles. The molecule has 1 aliphatic carbocycles. The first-order chi connectivity index (χ1) is 7.27. The second-order valence-electron chi connectivity index (χ2n) is 5.00. The van der Waals surface area contributed by atoms with Gasteiger partial charge in [0.2, 0.25) is 5.91 Å². The smallest absolute Gasteiger partial charge is 0.236 e. The molecule has 1 aliphatic heterocycles. The average molecular weight is 210 g/mol. The van der Waals surface area contributed by atoms with E-state index in [1.807, 2.05) is 4.90 Å². The van der Waals surface area contributed by atoms with Crippen molar-refractivity contribution >= 4 is 5.91 Å². The second-order valence-corrected chi connectivity index (χ2v) is 5.00. The predicted molar refractivity (Wildman–Crippen MR) is 60.6 cm³/mol. The molecule has 0 aromatic heterocycles. The van der Waals surface area contributed by atoms with Gasteiger partial charge in [-0.25, -0.2) is 0 Å². The van der Waals surface area contributed by atoms with Crippen LogP contribution in [0.4, 0.5) is 0 Å². The van der Waals surface area contributed by atoms with Crippen molar-refractivity contribution in [1.29, 1.82) is 0 Å². The molecule has 15 heavy (non-hydrogen) atoms. The summed E-state index contributed by atoms with van der Waals surface area (Å²) in [7, 11) is 0. The fourth-order valence-corrected chi connectivity index (χ4v) is 2.26. The van der Waals surface area contributed by atoms with Gasteiger partial charge in [0.05, 0.1) is 6.54 Å². The molecular formula is C12H22N2O. The molecule has 3 heteroatoms. The van der Waals surface area contributed by atoms with E-state index in [1.165, 1.54) is 32.1 Å². The number of hydrogen-bond donors (Lipinski definition) is 1. The minimum Gasteiger partial charge on any atom is -0.342 e. The molecule has 1 saturated carbocycles. The van der Waals surface area contributed by atoms with Gasteiger partial charge in [-0.1, -0.05) is 19.8 Å². The summed E-state index contributed by atoms with van der Waals surface area (Å²) in [6, 6.07) is 0.612. The summed E-state index contributed by atoms with van der Waals surface area (Å²) in [6.07, 6.45) is 6.19. The van der Waals surface area contributed by atoms with Gasteiger partial charge in [0, 0.05) is 19.1 Å². The summed E-state index contributed by atoms with van der Waals surface area (Å²) in [5.41, 5.74) is 0. The highest BCUT2D eigenvalue weighted by atomic mass is 16.2. The van der Waals surface area contributed by atoms with Crippen LogP contribution in [0.15, 0.2) is 0 Å². The Balaban J connectivity index is 1.69. The van der Waals surface area contributed by atoms with Crippen molar-refractivity contribution in [3.8, 4) is 0 Å². The van der Waals surface area contributed by atoms with Crippen molar-refractivity contribution in [3.63, 3.8) is 0 Å². The lowest BCUT2D eigenvalue weighted by atomic mass is 10.2. The molecule has 0 radical (unpaired) electrons. The van der Waals surface area contributed by atoms with Crippen LogP contribution in [0.3, 0.4) is 0 Å². The van der Waals surface area contributed by atoms with Gasteiger partial charge in [0.1, 0.15) is 0 Å². The maximum atomic E-state index is 11.9. The van der Waals surface area contributed by atoms with Crippen LogP contribution in [0.2, 0.25) is 0 Å². The third-order valence-electron chi connectivity index (χ3n) is 3.58. The van der Waals surface area contributed by atoms with Gasteiger partial charge in [-0.05, 0) is 25.2 Å². The fraction of sp³-hybridized carbons (Fsp3) is 0.917. The van der Waals surface area contributed by atoms with Crippen LogP contribution in [0, 0.1) is 5.92 Å². The zero-order valence-corrected chi connectivity index (χ0v) is 9.67. The van der Waals surface area contributed by atoms with Gasteiger partial charge in [-0.2, -0.15) is 0 Å². The van der Waals surface area contributed by atoms with E-state index in [0.717, 1.165) is 19.0 Å². The predicted octanol–water partition coefficient (Wildman–Crippen LogP) is 1.39. The maximum Gasteiger partial charge on any atom is 0.236 e. The molecule has 0 bridgehead atoms. The molecule has 86 valence electrons. The van der Waals surface area contributed by atoms with Crippen LogP contribution in [0.1, 0.15) is 39.0 Å². The van der Waals surface area contributed by atoms with E-state index >= 15 is 0 Å². The highest BCUT2D eigenvalue weighted by molar-refractivity contribution is 5.78. The van der Waals surface area contributed by atoms with Gasteiger partial charge < -0.3 is 10.2 Å². The van der Waals surface area contributed by atoms with Crippen molar-refractivity contribution in [3.05, 3.63) is 0 Å². The number of rotatable bonds is 3. The second kappa shape index (κ2) is 4.97. The Morgan fingerprint density at radius 1 is 1.27 bits per heavy atom. The number of nitrogens with one attached hydrogen (secondary N) is 1. The lowest BCUT2D eigenvalue weighted by molar-refractivity contribution is -0.130. The molecule has 2 unspecified atom stereocenters. The third-order valence-corrected chi connectivity index (χ3v) is 3.58. The van der Waals surface area contributed by atoms with Gasteiger partial charge in [0.25, 0.3) is 0 Å². The molecule has 0 aromatic rings. The van der Waals surface area contributed by atoms with E-state index in [0.29, 0.717) is 18.5 Å². The summed E-state index contributed by atoms with van der Waals surface area (Å²) < 4.78 is 0. The first-order valence-electron chi connectivity index (χ1n) is 6.28. The van der Waals surface area contributed by atoms with E-state index in [2.05, 4.69) is 12.2 Å². The number of nitrogens with zero attached hydrogens (tertiary/aromatic N) is 1. The first-order valence-corrected chi connectivity index (χ1v) is 6.28. The van der Waals surface area contributed by atoms with Crippen molar-refractivity contribution in [1.82, 2.24) is 10.2 Å². The summed E-state index contributed by atoms with van der Waals surface area (Å²) >= 11 is 0. The minimum atomic E-state index is 0.302. The number of amides is 1. The molecule has 1 amide bonds. The molecule has 2 rings (SSSR count). The molecule has 2 fully saturated rings. The molecule has 2 aliphatic rings. The van der Waals surface area contributed by atoms with Crippen LogP contribution in [-0.2, 0) is 4.79 Å². The standard InChI is InChI=1S/C12H22N2O/c1-10-8-11(10)13-9-12(15)14-6-4-2-3-5-7-14/h10-11,13H,2-9H2,1H3. The zero-order valence-electron chi connectivity index (χ0n) is 9.67. The fourth-order valence-electron chi connectivity index (χ4n) is 2.26. The molecule has 1 N–H and O–H groups in total. The summed E-state index contributed by atoms with van der Waals surface area (Å²) in [5, 5.41) is 3.33. The lowest BCUT2D eigenvalue weighted by Gasteiger charge is -2.20. The lowest BCUT2D eigenvalue weighted by Crippen LogP contribution is -2.39. The number of carbonyl (C=O) groups is 1. The molecular weight excluding hydrogens is 188 g/mol. The summed E-state index contributed by atoms with van der Waals surface area (Å²) in [6.45, 7) is 4.73. The van der Waals surface area contributed by atoms with Crippen LogP contribution in [0.5, 0.6) is 0 Å². The van der Waals surface area contributed by atoms with Gasteiger partial charge in [-0.15, -0.1) is 0 Å². The first kappa shape index (κ1) is 10.9. The highest BCUT2D eigenvalue weighted by Gasteiger charge is 2.32. The van der Waals surface area contributed by atoms with Crippen molar-refractivity contribution in [2.45, 2.75) is 45.1 Å². The normalized spacial score (nSPS) is 31.1. The number of carbonyl (C=O) groups excluding carboxylic acids is 1. The minimum absolute atomic E-state index is 0.302. The topological polar surface area (TPSA) is 32.3 Å². The Hall–Kier alpha value is -0.570. The molecule has 1 saturated heterocycles. The molecule has 2 atom stereocenters. The maximum absolute atomic E-state index is 11.9. The van der Waals surface area contributed by atoms with Gasteiger partial charge in [0.15, 0.2) is 0 Å². The number of hydrogen-bond acceptors (Lipinski definition) is 2. The van der Waals surface area contributed by atoms with Crippen molar-refractivity contribution in [2.24, 2.45) is 5.92 Å². The summed E-state index contributed by atoms with van der Waals surface area (Å²) in [4.78, 5) is 13.9. The third kappa shape index (κ3) is 3.20. The van der Waals surface area contributed by atoms with E-state index in [4.69, 9.17) is 0 Å². The van der Waals surface area contributed by atoms with Gasteiger partial charge in [-0.3, -0.25) is 4.79 Å². The largest absolute Gasteiger partial charge is 0.342 e. The highest BCUT2D eigenvalue weighted by Crippen LogP contribution is 2.28. The van der Waals surface area contributed by atoms with Crippen LogP contribution < -0.4 is 5.32 Å². The quantitative estimate of drug-likeness (QED) is 0.763. The Bertz CT molecular complexity index is 222. The zero-order chi connectivity index (χ0) is 10.7. The Morgan fingerprint density at radius 2 is 1.87 bits per heavy atom. The monoisotopic (exact) mass is 210 g/mol. The average Bonchev–Trinajstić information content (AvgIpc) is 2.97. The van der Waals surface area contributed by atoms with Crippen molar-refractivity contribution in [2.75, 3.05) is 19.6 Å². The van der Waals surface area contributed by atoms with E-state index < -0.39 is 0 Å². The van der Waals surface area contributed by atoms with E-state index in [1.54, 1.807) is 0 Å². The Labute approximate surface area is 92.2 Å². The summed E-state index contributed by atoms with van der Waals surface area (Å²) in [5.74, 6) is 1.08. The van der Waals surface area contributed by atoms with Gasteiger partial charge >= 0.3 is 0 Å². The van der Waals surface area contributed by atoms with Crippen molar-refractivity contribution < 1.29 is 4.79 Å².